The van der Waals surface area contributed by atoms with Crippen molar-refractivity contribution in [1.82, 2.24) is 14.9 Å². The fraction of sp³-hybridized carbons (Fsp3) is 0.0870. The first kappa shape index (κ1) is 20.0. The standard InChI is InChI=1S/C23H14F3N3O3/c24-14-3-4-19(17(25)6-14)29-10-16(23(31)32)21(30)15-7-18(26)20(28-22(15)29)11-1-2-12-8-27-9-13(12)5-11/h1-7,10,27H,8-9H2,(H,31,32). The van der Waals surface area contributed by atoms with Gasteiger partial charge >= 0.3 is 5.97 Å². The summed E-state index contributed by atoms with van der Waals surface area (Å²) in [5, 5.41) is 12.3. The van der Waals surface area contributed by atoms with E-state index in [1.54, 1.807) is 12.1 Å². The lowest BCUT2D eigenvalue weighted by Crippen LogP contribution is -2.20. The average molecular weight is 437 g/mol. The molecule has 9 heteroatoms. The molecule has 32 heavy (non-hydrogen) atoms. The maximum absolute atomic E-state index is 15.0. The largest absolute Gasteiger partial charge is 0.477 e. The molecule has 2 aromatic carbocycles. The number of hydrogen-bond acceptors (Lipinski definition) is 4. The molecule has 0 saturated carbocycles. The van der Waals surface area contributed by atoms with Gasteiger partial charge in [0.2, 0.25) is 5.43 Å². The van der Waals surface area contributed by atoms with E-state index >= 15 is 4.39 Å². The van der Waals surface area contributed by atoms with Crippen molar-refractivity contribution in [3.63, 3.8) is 0 Å². The smallest absolute Gasteiger partial charge is 0.341 e. The van der Waals surface area contributed by atoms with Crippen LogP contribution in [0.4, 0.5) is 13.2 Å². The maximum Gasteiger partial charge on any atom is 0.341 e. The molecule has 6 nitrogen and oxygen atoms in total. The van der Waals surface area contributed by atoms with Gasteiger partial charge in [0.1, 0.15) is 34.4 Å². The molecule has 5 rings (SSSR count). The van der Waals surface area contributed by atoms with E-state index in [2.05, 4.69) is 10.3 Å². The highest BCUT2D eigenvalue weighted by molar-refractivity contribution is 5.92. The van der Waals surface area contributed by atoms with Gasteiger partial charge < -0.3 is 10.4 Å². The molecular formula is C23H14F3N3O3. The van der Waals surface area contributed by atoms with E-state index in [4.69, 9.17) is 0 Å². The molecule has 0 bridgehead atoms. The second-order valence-electron chi connectivity index (χ2n) is 7.42. The SMILES string of the molecule is O=C(O)c1cn(-c2ccc(F)cc2F)c2nc(-c3ccc4c(c3)CNC4)c(F)cc2c1=O. The molecule has 2 aromatic heterocycles. The van der Waals surface area contributed by atoms with Crippen molar-refractivity contribution in [2.24, 2.45) is 0 Å². The fourth-order valence-electron chi connectivity index (χ4n) is 3.88. The summed E-state index contributed by atoms with van der Waals surface area (Å²) in [7, 11) is 0. The summed E-state index contributed by atoms with van der Waals surface area (Å²) in [6.07, 6.45) is 0.907. The molecule has 1 aliphatic heterocycles. The van der Waals surface area contributed by atoms with Crippen LogP contribution in [0.5, 0.6) is 0 Å². The minimum atomic E-state index is -1.57. The van der Waals surface area contributed by atoms with Gasteiger partial charge in [-0.25, -0.2) is 22.9 Å². The third-order valence-electron chi connectivity index (χ3n) is 5.44. The van der Waals surface area contributed by atoms with Crippen molar-refractivity contribution in [2.75, 3.05) is 0 Å². The Labute approximate surface area is 178 Å². The van der Waals surface area contributed by atoms with Crippen LogP contribution in [0.2, 0.25) is 0 Å². The number of pyridine rings is 2. The Morgan fingerprint density at radius 3 is 2.53 bits per heavy atom. The number of fused-ring (bicyclic) bond motifs is 2. The summed E-state index contributed by atoms with van der Waals surface area (Å²) in [6.45, 7) is 1.32. The Morgan fingerprint density at radius 2 is 1.78 bits per heavy atom. The quantitative estimate of drug-likeness (QED) is 0.510. The zero-order chi connectivity index (χ0) is 22.6. The molecule has 0 aliphatic carbocycles. The number of carboxylic acids is 1. The summed E-state index contributed by atoms with van der Waals surface area (Å²) in [6, 6.07) is 8.91. The number of rotatable bonds is 3. The Bertz CT molecular complexity index is 1500. The van der Waals surface area contributed by atoms with Crippen LogP contribution in [0, 0.1) is 17.5 Å². The van der Waals surface area contributed by atoms with Crippen molar-refractivity contribution in [3.8, 4) is 16.9 Å². The van der Waals surface area contributed by atoms with Crippen LogP contribution in [0.25, 0.3) is 28.0 Å². The maximum atomic E-state index is 15.0. The van der Waals surface area contributed by atoms with Gasteiger partial charge in [-0.15, -0.1) is 0 Å². The number of nitrogens with zero attached hydrogens (tertiary/aromatic N) is 2. The molecule has 4 aromatic rings. The molecule has 0 amide bonds. The van der Waals surface area contributed by atoms with Gasteiger partial charge in [-0.1, -0.05) is 12.1 Å². The van der Waals surface area contributed by atoms with Crippen LogP contribution in [0.1, 0.15) is 21.5 Å². The van der Waals surface area contributed by atoms with Crippen LogP contribution >= 0.6 is 0 Å². The van der Waals surface area contributed by atoms with Gasteiger partial charge in [0.25, 0.3) is 0 Å². The van der Waals surface area contributed by atoms with Crippen molar-refractivity contribution in [1.29, 1.82) is 0 Å². The predicted molar refractivity (Wildman–Crippen MR) is 110 cm³/mol. The Balaban J connectivity index is 1.83. The second kappa shape index (κ2) is 7.31. The second-order valence-corrected chi connectivity index (χ2v) is 7.42. The molecule has 3 heterocycles. The highest BCUT2D eigenvalue weighted by Gasteiger charge is 2.21. The van der Waals surface area contributed by atoms with Gasteiger partial charge in [-0.2, -0.15) is 0 Å². The van der Waals surface area contributed by atoms with E-state index in [9.17, 15) is 23.5 Å². The van der Waals surface area contributed by atoms with Gasteiger partial charge in [-0.05, 0) is 35.4 Å². The van der Waals surface area contributed by atoms with Gasteiger partial charge in [0, 0.05) is 30.9 Å². The minimum absolute atomic E-state index is 0.0778. The Kier molecular flexibility index (Phi) is 4.56. The predicted octanol–water partition coefficient (Wildman–Crippen LogP) is 3.77. The van der Waals surface area contributed by atoms with E-state index < -0.39 is 34.4 Å². The van der Waals surface area contributed by atoms with E-state index in [-0.39, 0.29) is 22.4 Å². The summed E-state index contributed by atoms with van der Waals surface area (Å²) < 4.78 is 44.0. The van der Waals surface area contributed by atoms with E-state index in [1.165, 1.54) is 0 Å². The topological polar surface area (TPSA) is 84.2 Å². The number of hydrogen-bond donors (Lipinski definition) is 2. The van der Waals surface area contributed by atoms with Gasteiger partial charge in [-0.3, -0.25) is 9.36 Å². The number of halogens is 3. The monoisotopic (exact) mass is 437 g/mol. The van der Waals surface area contributed by atoms with Crippen LogP contribution in [0.15, 0.2) is 53.5 Å². The molecular weight excluding hydrogens is 423 g/mol. The van der Waals surface area contributed by atoms with Crippen molar-refractivity contribution in [3.05, 3.63) is 93.0 Å². The minimum Gasteiger partial charge on any atom is -0.477 e. The lowest BCUT2D eigenvalue weighted by atomic mass is 10.0. The summed E-state index contributed by atoms with van der Waals surface area (Å²) in [5.41, 5.74) is 0.390. The molecule has 0 radical (unpaired) electrons. The molecule has 0 atom stereocenters. The molecule has 1 aliphatic rings. The summed E-state index contributed by atoms with van der Waals surface area (Å²) >= 11 is 0. The first-order valence-electron chi connectivity index (χ1n) is 9.61. The van der Waals surface area contributed by atoms with E-state index in [0.717, 1.165) is 40.1 Å². The highest BCUT2D eigenvalue weighted by Crippen LogP contribution is 2.29. The zero-order valence-electron chi connectivity index (χ0n) is 16.3. The molecule has 0 saturated heterocycles. The summed E-state index contributed by atoms with van der Waals surface area (Å²) in [5.74, 6) is -4.22. The van der Waals surface area contributed by atoms with Crippen molar-refractivity contribution in [2.45, 2.75) is 13.1 Å². The number of aromatic carboxylic acids is 1. The van der Waals surface area contributed by atoms with E-state index in [1.807, 2.05) is 6.07 Å². The first-order chi connectivity index (χ1) is 15.3. The fourth-order valence-corrected chi connectivity index (χ4v) is 3.88. The normalized spacial score (nSPS) is 12.8. The number of carboxylic acid groups (broad SMARTS) is 1. The lowest BCUT2D eigenvalue weighted by Gasteiger charge is -2.14. The number of nitrogens with one attached hydrogen (secondary N) is 1. The van der Waals surface area contributed by atoms with Gasteiger partial charge in [0.15, 0.2) is 0 Å². The molecule has 0 unspecified atom stereocenters. The van der Waals surface area contributed by atoms with Crippen LogP contribution < -0.4 is 10.7 Å². The molecule has 0 spiro atoms. The average Bonchev–Trinajstić information content (AvgIpc) is 3.22. The van der Waals surface area contributed by atoms with Crippen molar-refractivity contribution < 1.29 is 23.1 Å². The number of carbonyl (C=O) groups is 1. The first-order valence-corrected chi connectivity index (χ1v) is 9.61. The molecule has 160 valence electrons. The van der Waals surface area contributed by atoms with Crippen LogP contribution in [0.3, 0.4) is 0 Å². The molecule has 0 fully saturated rings. The van der Waals surface area contributed by atoms with Crippen molar-refractivity contribution >= 4 is 17.0 Å². The number of benzene rings is 2. The van der Waals surface area contributed by atoms with Crippen LogP contribution in [-0.4, -0.2) is 20.6 Å². The zero-order valence-corrected chi connectivity index (χ0v) is 16.3. The highest BCUT2D eigenvalue weighted by atomic mass is 19.1. The van der Waals surface area contributed by atoms with Gasteiger partial charge in [0.05, 0.1) is 11.1 Å². The lowest BCUT2D eigenvalue weighted by molar-refractivity contribution is 0.0695. The third-order valence-corrected chi connectivity index (χ3v) is 5.44. The summed E-state index contributed by atoms with van der Waals surface area (Å²) in [4.78, 5) is 28.6. The Hall–Kier alpha value is -3.98. The number of aromatic nitrogens is 2. The van der Waals surface area contributed by atoms with E-state index in [0.29, 0.717) is 24.7 Å². The van der Waals surface area contributed by atoms with Crippen LogP contribution in [-0.2, 0) is 13.1 Å². The third kappa shape index (κ3) is 3.14. The Morgan fingerprint density at radius 1 is 1.00 bits per heavy atom. The molecule has 2 N–H and O–H groups in total.